The van der Waals surface area contributed by atoms with E-state index in [1.165, 1.54) is 12.8 Å². The number of aliphatic hydroxyl groups is 5. The Labute approximate surface area is 358 Å². The van der Waals surface area contributed by atoms with Crippen LogP contribution in [-0.4, -0.2) is 104 Å². The van der Waals surface area contributed by atoms with Crippen molar-refractivity contribution >= 4 is 25.5 Å². The van der Waals surface area contributed by atoms with E-state index in [-0.39, 0.29) is 18.6 Å². The molecule has 3 unspecified atom stereocenters. The van der Waals surface area contributed by atoms with Gasteiger partial charge in [0.1, 0.15) is 43.2 Å². The molecule has 0 radical (unpaired) electrons. The van der Waals surface area contributed by atoms with Crippen LogP contribution in [0.15, 0.2) is 60.8 Å². The first-order valence-corrected chi connectivity index (χ1v) is 23.5. The highest BCUT2D eigenvalue weighted by Gasteiger charge is 2.51. The molecule has 14 nitrogen and oxygen atoms in total. The molecule has 0 aromatic carbocycles. The molecule has 6 N–H and O–H groups in total. The Morgan fingerprint density at radius 1 is 0.583 bits per heavy atom. The Balaban J connectivity index is 2.54. The molecule has 60 heavy (non-hydrogen) atoms. The van der Waals surface area contributed by atoms with Crippen LogP contribution < -0.4 is 0 Å². The number of allylic oxidation sites excluding steroid dienone is 10. The molecule has 0 aromatic rings. The Bertz CT molecular complexity index is 1340. The quantitative estimate of drug-likeness (QED) is 0.00915. The van der Waals surface area contributed by atoms with Crippen molar-refractivity contribution < 1.29 is 67.9 Å². The summed E-state index contributed by atoms with van der Waals surface area (Å²) in [4.78, 5) is 47.7. The maximum absolute atomic E-state index is 12.8. The summed E-state index contributed by atoms with van der Waals surface area (Å²) in [6, 6.07) is 0. The van der Waals surface area contributed by atoms with Gasteiger partial charge < -0.3 is 39.9 Å². The number of ether oxygens (including phenoxy) is 2. The molecule has 8 atom stereocenters. The summed E-state index contributed by atoms with van der Waals surface area (Å²) in [7, 11) is -5.15. The minimum atomic E-state index is -5.15. The number of aliphatic hydroxyl groups excluding tert-OH is 5. The first-order valence-electron chi connectivity index (χ1n) is 22.0. The molecule has 15 heteroatoms. The van der Waals surface area contributed by atoms with Crippen molar-refractivity contribution in [3.05, 3.63) is 60.8 Å². The second-order valence-corrected chi connectivity index (χ2v) is 16.6. The minimum absolute atomic E-state index is 0.00628. The lowest BCUT2D eigenvalue weighted by atomic mass is 9.85. The van der Waals surface area contributed by atoms with E-state index in [4.69, 9.17) is 18.5 Å². The van der Waals surface area contributed by atoms with Gasteiger partial charge in [-0.3, -0.25) is 23.4 Å². The van der Waals surface area contributed by atoms with Gasteiger partial charge in [-0.05, 0) is 70.3 Å². The number of hydrogen-bond acceptors (Lipinski definition) is 13. The van der Waals surface area contributed by atoms with Gasteiger partial charge in [-0.15, -0.1) is 0 Å². The van der Waals surface area contributed by atoms with E-state index in [1.807, 2.05) is 6.08 Å². The van der Waals surface area contributed by atoms with Crippen LogP contribution in [0.1, 0.15) is 149 Å². The van der Waals surface area contributed by atoms with E-state index < -0.39 is 75.7 Å². The van der Waals surface area contributed by atoms with Crippen LogP contribution in [0.3, 0.4) is 0 Å². The van der Waals surface area contributed by atoms with Gasteiger partial charge in [-0.2, -0.15) is 0 Å². The van der Waals surface area contributed by atoms with E-state index in [0.717, 1.165) is 83.5 Å². The van der Waals surface area contributed by atoms with Gasteiger partial charge in [0, 0.05) is 19.3 Å². The zero-order chi connectivity index (χ0) is 44.4. The van der Waals surface area contributed by atoms with Gasteiger partial charge >= 0.3 is 19.8 Å². The number of carbonyl (C=O) groups excluding carboxylic acids is 3. The van der Waals surface area contributed by atoms with Crippen molar-refractivity contribution in [2.45, 2.75) is 191 Å². The summed E-state index contributed by atoms with van der Waals surface area (Å²) in [6.07, 6.45) is 23.8. The largest absolute Gasteiger partial charge is 0.472 e. The van der Waals surface area contributed by atoms with E-state index in [0.29, 0.717) is 25.7 Å². The maximum atomic E-state index is 12.8. The highest BCUT2D eigenvalue weighted by atomic mass is 31.2. The van der Waals surface area contributed by atoms with Gasteiger partial charge in [0.25, 0.3) is 0 Å². The van der Waals surface area contributed by atoms with Crippen molar-refractivity contribution in [3.8, 4) is 0 Å². The SMILES string of the molecule is CC/C=C\C/C=C\C/C=C\CCCCCCCC(=O)OC[C@H](COP(=O)(O)OC1[C@H](O)[C@H](O)C(O)[C@H](O)[C@H]1O)OC(=O)CCCCCCCC(=O)/C=C/C=C\CCCCC. The van der Waals surface area contributed by atoms with Crippen LogP contribution in [0.4, 0.5) is 0 Å². The molecule has 0 heterocycles. The minimum Gasteiger partial charge on any atom is -0.462 e. The zero-order valence-corrected chi connectivity index (χ0v) is 36.9. The molecule has 0 bridgehead atoms. The van der Waals surface area contributed by atoms with Gasteiger partial charge in [0.15, 0.2) is 11.9 Å². The molecular weight excluding hydrogens is 795 g/mol. The number of carbonyl (C=O) groups is 3. The molecule has 0 saturated heterocycles. The summed E-state index contributed by atoms with van der Waals surface area (Å²) >= 11 is 0. The predicted molar refractivity (Wildman–Crippen MR) is 231 cm³/mol. The summed E-state index contributed by atoms with van der Waals surface area (Å²) in [5.74, 6) is -1.15. The molecule has 0 amide bonds. The number of rotatable bonds is 35. The smallest absolute Gasteiger partial charge is 0.462 e. The molecule has 1 aliphatic carbocycles. The van der Waals surface area contributed by atoms with Crippen molar-refractivity contribution in [2.24, 2.45) is 0 Å². The average Bonchev–Trinajstić information content (AvgIpc) is 3.22. The van der Waals surface area contributed by atoms with Crippen molar-refractivity contribution in [3.63, 3.8) is 0 Å². The third-order valence-electron chi connectivity index (χ3n) is 9.82. The van der Waals surface area contributed by atoms with Crippen LogP contribution >= 0.6 is 7.82 Å². The summed E-state index contributed by atoms with van der Waals surface area (Å²) in [5.41, 5.74) is 0. The lowest BCUT2D eigenvalue weighted by Gasteiger charge is -2.41. The van der Waals surface area contributed by atoms with Crippen LogP contribution in [0.25, 0.3) is 0 Å². The molecule has 1 rings (SSSR count). The standard InChI is InChI=1S/C45H75O14P/c1-3-5-7-9-11-12-13-14-15-16-17-18-20-24-28-32-38(47)56-34-37(35-57-60(54,55)59-45-43(52)41(50)40(49)42(51)44(45)53)58-39(48)33-29-25-21-23-27-31-36(46)30-26-22-19-10-8-6-4-2/h5,7,11-12,14-15,19,22,26,30,37,40-45,49-53H,3-4,6,8-10,13,16-18,20-21,23-25,27-29,31-35H2,1-2H3,(H,54,55)/b7-5-,12-11-,15-14-,22-19-,30-26+/t37-,40?,41-,42+,43-,44-,45?/m1/s1. The number of phosphoric acid groups is 1. The Morgan fingerprint density at radius 2 is 1.10 bits per heavy atom. The van der Waals surface area contributed by atoms with Crippen molar-refractivity contribution in [1.82, 2.24) is 0 Å². The van der Waals surface area contributed by atoms with Gasteiger partial charge in [0.2, 0.25) is 0 Å². The van der Waals surface area contributed by atoms with Gasteiger partial charge in [0.05, 0.1) is 6.61 Å². The molecular formula is C45H75O14P. The van der Waals surface area contributed by atoms with Crippen LogP contribution in [0.5, 0.6) is 0 Å². The highest BCUT2D eigenvalue weighted by molar-refractivity contribution is 7.47. The predicted octanol–water partition coefficient (Wildman–Crippen LogP) is 7.34. The topological polar surface area (TPSA) is 227 Å². The van der Waals surface area contributed by atoms with Crippen molar-refractivity contribution in [2.75, 3.05) is 13.2 Å². The highest BCUT2D eigenvalue weighted by Crippen LogP contribution is 2.47. The fraction of sp³-hybridized carbons (Fsp3) is 0.711. The van der Waals surface area contributed by atoms with E-state index in [1.54, 1.807) is 12.2 Å². The summed E-state index contributed by atoms with van der Waals surface area (Å²) in [5, 5.41) is 50.1. The fourth-order valence-corrected chi connectivity index (χ4v) is 7.20. The average molecular weight is 871 g/mol. The Hall–Kier alpha value is -2.78. The van der Waals surface area contributed by atoms with Crippen LogP contribution in [0.2, 0.25) is 0 Å². The van der Waals surface area contributed by atoms with Gasteiger partial charge in [-0.25, -0.2) is 4.57 Å². The molecule has 0 aliphatic heterocycles. The second-order valence-electron chi connectivity index (χ2n) is 15.2. The number of hydrogen-bond donors (Lipinski definition) is 6. The lowest BCUT2D eigenvalue weighted by Crippen LogP contribution is -2.64. The molecule has 0 spiro atoms. The third kappa shape index (κ3) is 27.2. The normalized spacial score (nSPS) is 22.7. The maximum Gasteiger partial charge on any atom is 0.472 e. The second kappa shape index (κ2) is 34.8. The fourth-order valence-electron chi connectivity index (χ4n) is 6.22. The van der Waals surface area contributed by atoms with Crippen molar-refractivity contribution in [1.29, 1.82) is 0 Å². The number of unbranched alkanes of at least 4 members (excludes halogenated alkanes) is 12. The molecule has 1 saturated carbocycles. The van der Waals surface area contributed by atoms with E-state index in [9.17, 15) is 49.4 Å². The van der Waals surface area contributed by atoms with Gasteiger partial charge in [-0.1, -0.05) is 120 Å². The zero-order valence-electron chi connectivity index (χ0n) is 36.0. The van der Waals surface area contributed by atoms with E-state index in [2.05, 4.69) is 56.4 Å². The van der Waals surface area contributed by atoms with Crippen LogP contribution in [-0.2, 0) is 37.5 Å². The van der Waals surface area contributed by atoms with E-state index >= 15 is 0 Å². The van der Waals surface area contributed by atoms with Crippen LogP contribution in [0, 0.1) is 0 Å². The summed E-state index contributed by atoms with van der Waals surface area (Å²) in [6.45, 7) is 3.00. The first-order chi connectivity index (χ1) is 28.8. The Kier molecular flexibility index (Phi) is 32.0. The number of esters is 2. The molecule has 1 aliphatic rings. The third-order valence-corrected chi connectivity index (χ3v) is 10.8. The molecule has 344 valence electrons. The summed E-state index contributed by atoms with van der Waals surface area (Å²) < 4.78 is 33.4. The molecule has 0 aromatic heterocycles. The first kappa shape index (κ1) is 55.2. The monoisotopic (exact) mass is 870 g/mol. The lowest BCUT2D eigenvalue weighted by molar-refractivity contribution is -0.220. The number of phosphoric ester groups is 1. The number of ketones is 1. The Morgan fingerprint density at radius 3 is 1.73 bits per heavy atom. The molecule has 1 fully saturated rings.